The minimum atomic E-state index is -2.41. The number of esters is 4. The molecule has 1 aromatic carbocycles. The van der Waals surface area contributed by atoms with Crippen LogP contribution in [0.5, 0.6) is 0 Å². The first-order valence-corrected chi connectivity index (χ1v) is 21.3. The van der Waals surface area contributed by atoms with Gasteiger partial charge in [0, 0.05) is 25.2 Å². The summed E-state index contributed by atoms with van der Waals surface area (Å²) in [5, 5.41) is 40.0. The molecular weight excluding hydrogens is 822 g/mol. The molecule has 3 saturated carbocycles. The van der Waals surface area contributed by atoms with Crippen LogP contribution in [-0.2, 0) is 47.6 Å². The van der Waals surface area contributed by atoms with Crippen molar-refractivity contribution in [3.8, 4) is 0 Å². The Labute approximate surface area is 364 Å². The first-order valence-electron chi connectivity index (χ1n) is 21.3. The number of furan rings is 1. The van der Waals surface area contributed by atoms with Gasteiger partial charge in [-0.2, -0.15) is 0 Å². The summed E-state index contributed by atoms with van der Waals surface area (Å²) >= 11 is 0. The minimum Gasteiger partial charge on any atom is -0.467 e. The van der Waals surface area contributed by atoms with E-state index in [9.17, 15) is 39.3 Å². The molecule has 2 bridgehead atoms. The summed E-state index contributed by atoms with van der Waals surface area (Å²) in [5.41, 5.74) is -8.66. The second-order valence-electron chi connectivity index (χ2n) is 19.2. The molecule has 4 aliphatic carbocycles. The number of hydrogen-bond donors (Lipinski definition) is 4. The van der Waals surface area contributed by atoms with Crippen molar-refractivity contribution >= 4 is 35.8 Å². The monoisotopic (exact) mass is 879 g/mol. The molecule has 63 heavy (non-hydrogen) atoms. The normalized spacial score (nSPS) is 33.3. The van der Waals surface area contributed by atoms with Crippen molar-refractivity contribution in [2.45, 2.75) is 147 Å². The quantitative estimate of drug-likeness (QED) is 0.148. The second-order valence-corrected chi connectivity index (χ2v) is 19.2. The fourth-order valence-electron chi connectivity index (χ4n) is 10.2. The van der Waals surface area contributed by atoms with Gasteiger partial charge < -0.3 is 53.5 Å². The molecule has 1 amide bonds. The molecule has 17 heteroatoms. The van der Waals surface area contributed by atoms with E-state index < -0.39 is 124 Å². The SMILES string of the molecule is CC(=O)O[C@H]1C(=O)[C@@]2(C)C([C@H](OC(=O)c3ccccc3)[C@]3(O)C[C@H](OC(=O)[C@H](O)C(NC(=O)OC(C)(C)C)c4ccco4)C(C)=C1C3(C)C)[C@]1(OC(=O)C3CCC3)CO[C@@H]1C[C@@H]2O. The van der Waals surface area contributed by atoms with Gasteiger partial charge in [0.15, 0.2) is 23.6 Å². The fraction of sp³-hybridized carbons (Fsp3) is 0.609. The van der Waals surface area contributed by atoms with Gasteiger partial charge >= 0.3 is 30.0 Å². The first kappa shape index (κ1) is 45.9. The van der Waals surface area contributed by atoms with Gasteiger partial charge in [-0.3, -0.25) is 14.4 Å². The van der Waals surface area contributed by atoms with Crippen molar-refractivity contribution < 1.29 is 76.9 Å². The van der Waals surface area contributed by atoms with Crippen LogP contribution in [0, 0.1) is 22.7 Å². The van der Waals surface area contributed by atoms with Crippen LogP contribution in [0.3, 0.4) is 0 Å². The van der Waals surface area contributed by atoms with Crippen LogP contribution in [-0.4, -0.2) is 111 Å². The van der Waals surface area contributed by atoms with Crippen molar-refractivity contribution in [2.75, 3.05) is 6.61 Å². The number of carbonyl (C=O) groups excluding carboxylic acids is 6. The third-order valence-corrected chi connectivity index (χ3v) is 13.9. The Hall–Kier alpha value is -5.10. The molecule has 1 saturated heterocycles. The Kier molecular flexibility index (Phi) is 12.0. The first-order chi connectivity index (χ1) is 29.5. The summed E-state index contributed by atoms with van der Waals surface area (Å²) in [6, 6.07) is 9.22. The van der Waals surface area contributed by atoms with E-state index in [4.69, 9.17) is 32.8 Å². The molecule has 11 atom stereocenters. The van der Waals surface area contributed by atoms with Gasteiger partial charge in [-0.1, -0.05) is 38.5 Å². The molecule has 4 fully saturated rings. The van der Waals surface area contributed by atoms with Crippen molar-refractivity contribution in [3.05, 3.63) is 71.2 Å². The number of hydrogen-bond acceptors (Lipinski definition) is 16. The number of amides is 1. The lowest BCUT2D eigenvalue weighted by Crippen LogP contribution is -2.82. The Balaban J connectivity index is 1.39. The number of aliphatic hydroxyl groups is 3. The highest BCUT2D eigenvalue weighted by Gasteiger charge is 2.78. The summed E-state index contributed by atoms with van der Waals surface area (Å²) in [7, 11) is 0. The molecule has 1 aromatic heterocycles. The van der Waals surface area contributed by atoms with Gasteiger partial charge in [0.1, 0.15) is 41.3 Å². The predicted molar refractivity (Wildman–Crippen MR) is 217 cm³/mol. The molecule has 7 rings (SSSR count). The maximum Gasteiger partial charge on any atom is 0.408 e. The van der Waals surface area contributed by atoms with Gasteiger partial charge in [0.25, 0.3) is 0 Å². The van der Waals surface area contributed by atoms with Crippen LogP contribution in [0.15, 0.2) is 64.3 Å². The van der Waals surface area contributed by atoms with Gasteiger partial charge in [-0.15, -0.1) is 0 Å². The lowest BCUT2D eigenvalue weighted by Gasteiger charge is -2.67. The number of Topliss-reactive ketones (excluding diaryl/α,β-unsaturated/α-hetero) is 1. The van der Waals surface area contributed by atoms with E-state index in [1.165, 1.54) is 44.4 Å². The van der Waals surface area contributed by atoms with E-state index in [1.807, 2.05) is 0 Å². The maximum absolute atomic E-state index is 15.6. The Bertz CT molecular complexity index is 2160. The predicted octanol–water partition coefficient (Wildman–Crippen LogP) is 4.20. The highest BCUT2D eigenvalue weighted by atomic mass is 16.6. The van der Waals surface area contributed by atoms with E-state index in [-0.39, 0.29) is 35.5 Å². The summed E-state index contributed by atoms with van der Waals surface area (Å²) in [6.07, 6.45) is -8.49. The summed E-state index contributed by atoms with van der Waals surface area (Å²) in [6.45, 7) is 11.7. The van der Waals surface area contributed by atoms with E-state index in [2.05, 4.69) is 5.32 Å². The van der Waals surface area contributed by atoms with Crippen molar-refractivity contribution in [1.29, 1.82) is 0 Å². The number of carbonyl (C=O) groups is 6. The molecule has 2 unspecified atom stereocenters. The minimum absolute atomic E-state index is 0.0154. The molecular formula is C46H57NO16. The number of benzene rings is 1. The van der Waals surface area contributed by atoms with Crippen LogP contribution in [0.2, 0.25) is 0 Å². The standard InChI is InChI=1S/C46H57NO16/c1-23-28(60-40(54)33(50)32(27-18-13-19-57-27)47-41(55)63-42(3,4)5)21-46(56)37(61-38(52)25-14-10-9-11-15-25)35-44(8,36(51)34(59-24(2)48)31(23)43(46,6)7)29(49)20-30-45(35,22-58-30)62-39(53)26-16-12-17-26/h9-11,13-15,18-19,26,28-30,32-35,37,49-50,56H,12,16-17,20-22H2,1-8H3,(H,47,55)/t28-,29-,30+,32?,33+,34+,35?,37-,44+,45-,46+/m0/s1. The molecule has 17 nitrogen and oxygen atoms in total. The molecule has 342 valence electrons. The Morgan fingerprint density at radius 1 is 0.968 bits per heavy atom. The number of alkyl carbamates (subject to hydrolysis) is 1. The topological polar surface area (TPSA) is 244 Å². The molecule has 0 spiro atoms. The largest absolute Gasteiger partial charge is 0.467 e. The van der Waals surface area contributed by atoms with Crippen molar-refractivity contribution in [3.63, 3.8) is 0 Å². The molecule has 2 heterocycles. The summed E-state index contributed by atoms with van der Waals surface area (Å²) < 4.78 is 41.6. The van der Waals surface area contributed by atoms with E-state index in [0.717, 1.165) is 13.3 Å². The lowest BCUT2D eigenvalue weighted by atomic mass is 9.44. The van der Waals surface area contributed by atoms with E-state index in [0.29, 0.717) is 12.8 Å². The molecule has 1 aliphatic heterocycles. The van der Waals surface area contributed by atoms with E-state index >= 15 is 4.79 Å². The highest BCUT2D eigenvalue weighted by Crippen LogP contribution is 2.64. The number of fused-ring (bicyclic) bond motifs is 5. The highest BCUT2D eigenvalue weighted by molar-refractivity contribution is 5.95. The van der Waals surface area contributed by atoms with E-state index in [1.54, 1.807) is 52.8 Å². The number of ether oxygens (including phenoxy) is 6. The van der Waals surface area contributed by atoms with Crippen LogP contribution < -0.4 is 5.32 Å². The summed E-state index contributed by atoms with van der Waals surface area (Å²) in [5.74, 6) is -6.61. The molecule has 2 aromatic rings. The van der Waals surface area contributed by atoms with Crippen molar-refractivity contribution in [1.82, 2.24) is 5.32 Å². The molecule has 5 aliphatic rings. The number of aliphatic hydroxyl groups excluding tert-OH is 2. The van der Waals surface area contributed by atoms with Crippen LogP contribution in [0.4, 0.5) is 4.79 Å². The third kappa shape index (κ3) is 7.84. The average Bonchev–Trinajstić information content (AvgIpc) is 3.71. The zero-order valence-electron chi connectivity index (χ0n) is 36.7. The summed E-state index contributed by atoms with van der Waals surface area (Å²) in [4.78, 5) is 84.1. The molecule has 0 radical (unpaired) electrons. The van der Waals surface area contributed by atoms with Gasteiger partial charge in [0.05, 0.1) is 41.8 Å². The number of rotatable bonds is 10. The van der Waals surface area contributed by atoms with Crippen molar-refractivity contribution in [2.24, 2.45) is 22.7 Å². The Morgan fingerprint density at radius 2 is 1.65 bits per heavy atom. The van der Waals surface area contributed by atoms with Gasteiger partial charge in [-0.05, 0) is 82.9 Å². The van der Waals surface area contributed by atoms with Crippen LogP contribution in [0.25, 0.3) is 0 Å². The zero-order valence-corrected chi connectivity index (χ0v) is 36.7. The average molecular weight is 880 g/mol. The Morgan fingerprint density at radius 3 is 2.21 bits per heavy atom. The fourth-order valence-corrected chi connectivity index (χ4v) is 10.2. The second kappa shape index (κ2) is 16.5. The third-order valence-electron chi connectivity index (χ3n) is 13.9. The maximum atomic E-state index is 15.6. The number of ketones is 1. The van der Waals surface area contributed by atoms with Crippen LogP contribution >= 0.6 is 0 Å². The van der Waals surface area contributed by atoms with Gasteiger partial charge in [0.2, 0.25) is 0 Å². The van der Waals surface area contributed by atoms with Gasteiger partial charge in [-0.25, -0.2) is 14.4 Å². The molecule has 4 N–H and O–H groups in total. The zero-order chi connectivity index (χ0) is 46.0. The lowest BCUT2D eigenvalue weighted by molar-refractivity contribution is -0.347. The van der Waals surface area contributed by atoms with Crippen LogP contribution in [0.1, 0.15) is 110 Å². The number of nitrogens with one attached hydrogen (secondary N) is 1. The smallest absolute Gasteiger partial charge is 0.408 e.